The number of hydrogen-bond donors (Lipinski definition) is 1. The van der Waals surface area contributed by atoms with E-state index in [2.05, 4.69) is 37.4 Å². The highest BCUT2D eigenvalue weighted by atomic mass is 16.5. The Kier molecular flexibility index (Phi) is 7.25. The molecule has 0 aliphatic rings. The van der Waals surface area contributed by atoms with Crippen molar-refractivity contribution in [2.24, 2.45) is 0 Å². The van der Waals surface area contributed by atoms with Gasteiger partial charge in [-0.3, -0.25) is 5.32 Å². The normalized spacial score (nSPS) is 15.0. The largest absolute Gasteiger partial charge is 0.494 e. The van der Waals surface area contributed by atoms with E-state index >= 15 is 0 Å². The topological polar surface area (TPSA) is 45.0 Å². The Morgan fingerprint density at radius 2 is 1.95 bits per heavy atom. The predicted octanol–water partition coefficient (Wildman–Crippen LogP) is 4.25. The Hall–Kier alpha value is -1.53. The number of rotatable bonds is 9. The van der Waals surface area contributed by atoms with Crippen LogP contribution in [0.2, 0.25) is 0 Å². The Labute approximate surface area is 129 Å². The molecule has 21 heavy (non-hydrogen) atoms. The number of nitrogens with one attached hydrogen (secondary N) is 1. The zero-order chi connectivity index (χ0) is 15.7. The Bertz CT molecular complexity index is 449. The molecule has 0 spiro atoms. The van der Waals surface area contributed by atoms with E-state index in [1.807, 2.05) is 26.0 Å². The van der Waals surface area contributed by atoms with Crippen LogP contribution >= 0.6 is 0 Å². The second-order valence-corrected chi connectivity index (χ2v) is 5.80. The average Bonchev–Trinajstić information content (AvgIpc) is 2.51. The van der Waals surface area contributed by atoms with E-state index in [0.717, 1.165) is 31.6 Å². The zero-order valence-electron chi connectivity index (χ0n) is 13.8. The van der Waals surface area contributed by atoms with E-state index in [4.69, 9.17) is 4.74 Å². The molecule has 1 rings (SSSR count). The molecule has 0 amide bonds. The zero-order valence-corrected chi connectivity index (χ0v) is 13.8. The van der Waals surface area contributed by atoms with Crippen molar-refractivity contribution in [1.82, 2.24) is 5.32 Å². The Morgan fingerprint density at radius 3 is 2.48 bits per heavy atom. The van der Waals surface area contributed by atoms with Crippen LogP contribution in [0.4, 0.5) is 0 Å². The van der Waals surface area contributed by atoms with E-state index in [-0.39, 0.29) is 0 Å². The second-order valence-electron chi connectivity index (χ2n) is 5.80. The minimum absolute atomic E-state index is 0.446. The SMILES string of the molecule is CCNC(C)(C#N)CCCOc1ccc(C(C)CC)cc1. The molecular formula is C18H28N2O. The van der Waals surface area contributed by atoms with Crippen LogP contribution in [0, 0.1) is 11.3 Å². The van der Waals surface area contributed by atoms with Crippen molar-refractivity contribution in [3.05, 3.63) is 29.8 Å². The molecule has 0 saturated heterocycles. The van der Waals surface area contributed by atoms with Crippen molar-refractivity contribution in [1.29, 1.82) is 5.26 Å². The molecule has 0 radical (unpaired) electrons. The molecule has 0 aliphatic heterocycles. The maximum absolute atomic E-state index is 9.19. The van der Waals surface area contributed by atoms with Crippen LogP contribution in [-0.4, -0.2) is 18.7 Å². The molecule has 3 heteroatoms. The van der Waals surface area contributed by atoms with Gasteiger partial charge in [-0.05, 0) is 56.3 Å². The van der Waals surface area contributed by atoms with Gasteiger partial charge in [-0.15, -0.1) is 0 Å². The summed E-state index contributed by atoms with van der Waals surface area (Å²) in [7, 11) is 0. The minimum Gasteiger partial charge on any atom is -0.494 e. The fourth-order valence-electron chi connectivity index (χ4n) is 2.32. The van der Waals surface area contributed by atoms with Crippen LogP contribution in [0.15, 0.2) is 24.3 Å². The van der Waals surface area contributed by atoms with Crippen LogP contribution in [-0.2, 0) is 0 Å². The molecule has 0 heterocycles. The van der Waals surface area contributed by atoms with Crippen molar-refractivity contribution < 1.29 is 4.74 Å². The van der Waals surface area contributed by atoms with Gasteiger partial charge in [0.25, 0.3) is 0 Å². The first kappa shape index (κ1) is 17.5. The molecule has 1 aromatic carbocycles. The van der Waals surface area contributed by atoms with E-state index in [1.54, 1.807) is 0 Å². The van der Waals surface area contributed by atoms with Crippen molar-refractivity contribution >= 4 is 0 Å². The quantitative estimate of drug-likeness (QED) is 0.691. The van der Waals surface area contributed by atoms with Crippen molar-refractivity contribution in [3.8, 4) is 11.8 Å². The van der Waals surface area contributed by atoms with Crippen molar-refractivity contribution in [2.75, 3.05) is 13.2 Å². The fraction of sp³-hybridized carbons (Fsp3) is 0.611. The monoisotopic (exact) mass is 288 g/mol. The summed E-state index contributed by atoms with van der Waals surface area (Å²) in [5, 5.41) is 12.4. The molecule has 0 aliphatic carbocycles. The molecule has 0 saturated carbocycles. The standard InChI is InChI=1S/C18H28N2O/c1-5-15(3)16-8-10-17(11-9-16)21-13-7-12-18(4,14-19)20-6-2/h8-11,15,20H,5-7,12-13H2,1-4H3. The molecule has 2 unspecified atom stereocenters. The van der Waals surface area contributed by atoms with Gasteiger partial charge in [0.1, 0.15) is 11.3 Å². The lowest BCUT2D eigenvalue weighted by Gasteiger charge is -2.22. The van der Waals surface area contributed by atoms with E-state index in [9.17, 15) is 5.26 Å². The number of hydrogen-bond acceptors (Lipinski definition) is 3. The van der Waals surface area contributed by atoms with E-state index < -0.39 is 5.54 Å². The summed E-state index contributed by atoms with van der Waals surface area (Å²) in [4.78, 5) is 0. The third-order valence-corrected chi connectivity index (χ3v) is 3.97. The van der Waals surface area contributed by atoms with Crippen molar-refractivity contribution in [2.45, 2.75) is 58.4 Å². The molecule has 3 nitrogen and oxygen atoms in total. The molecular weight excluding hydrogens is 260 g/mol. The lowest BCUT2D eigenvalue weighted by atomic mass is 9.98. The molecule has 116 valence electrons. The maximum atomic E-state index is 9.19. The van der Waals surface area contributed by atoms with Crippen LogP contribution in [0.5, 0.6) is 5.75 Å². The van der Waals surface area contributed by atoms with Crippen LogP contribution in [0.1, 0.15) is 58.4 Å². The third kappa shape index (κ3) is 5.77. The molecule has 0 fully saturated rings. The number of ether oxygens (including phenoxy) is 1. The summed E-state index contributed by atoms with van der Waals surface area (Å²) in [5.74, 6) is 1.50. The summed E-state index contributed by atoms with van der Waals surface area (Å²) in [6, 6.07) is 10.7. The number of nitriles is 1. The van der Waals surface area contributed by atoms with Crippen LogP contribution in [0.25, 0.3) is 0 Å². The first-order chi connectivity index (χ1) is 10.0. The maximum Gasteiger partial charge on any atom is 0.119 e. The Balaban J connectivity index is 2.38. The fourth-order valence-corrected chi connectivity index (χ4v) is 2.32. The second kappa shape index (κ2) is 8.69. The summed E-state index contributed by atoms with van der Waals surface area (Å²) in [6.07, 6.45) is 2.81. The predicted molar refractivity (Wildman–Crippen MR) is 87.6 cm³/mol. The summed E-state index contributed by atoms with van der Waals surface area (Å²) >= 11 is 0. The van der Waals surface area contributed by atoms with Gasteiger partial charge < -0.3 is 4.74 Å². The van der Waals surface area contributed by atoms with Gasteiger partial charge in [-0.2, -0.15) is 5.26 Å². The van der Waals surface area contributed by atoms with E-state index in [0.29, 0.717) is 12.5 Å². The minimum atomic E-state index is -0.446. The van der Waals surface area contributed by atoms with Gasteiger partial charge in [0.05, 0.1) is 12.7 Å². The highest BCUT2D eigenvalue weighted by Crippen LogP contribution is 2.21. The number of benzene rings is 1. The summed E-state index contributed by atoms with van der Waals surface area (Å²) in [6.45, 7) is 9.85. The summed E-state index contributed by atoms with van der Waals surface area (Å²) < 4.78 is 5.76. The van der Waals surface area contributed by atoms with Crippen molar-refractivity contribution in [3.63, 3.8) is 0 Å². The van der Waals surface area contributed by atoms with Gasteiger partial charge in [-0.25, -0.2) is 0 Å². The van der Waals surface area contributed by atoms with E-state index in [1.165, 1.54) is 5.56 Å². The van der Waals surface area contributed by atoms with Crippen LogP contribution < -0.4 is 10.1 Å². The first-order valence-corrected chi connectivity index (χ1v) is 7.93. The molecule has 1 aromatic rings. The van der Waals surface area contributed by atoms with Gasteiger partial charge in [0.2, 0.25) is 0 Å². The lowest BCUT2D eigenvalue weighted by molar-refractivity contribution is 0.286. The highest BCUT2D eigenvalue weighted by Gasteiger charge is 2.21. The molecule has 2 atom stereocenters. The lowest BCUT2D eigenvalue weighted by Crippen LogP contribution is -2.40. The summed E-state index contributed by atoms with van der Waals surface area (Å²) in [5.41, 5.74) is 0.910. The molecule has 0 aromatic heterocycles. The molecule has 1 N–H and O–H groups in total. The van der Waals surface area contributed by atoms with Gasteiger partial charge in [-0.1, -0.05) is 32.9 Å². The molecule has 0 bridgehead atoms. The van der Waals surface area contributed by atoms with Gasteiger partial charge in [0, 0.05) is 0 Å². The smallest absolute Gasteiger partial charge is 0.119 e. The highest BCUT2D eigenvalue weighted by molar-refractivity contribution is 5.29. The first-order valence-electron chi connectivity index (χ1n) is 7.93. The van der Waals surface area contributed by atoms with Crippen LogP contribution in [0.3, 0.4) is 0 Å². The average molecular weight is 288 g/mol. The van der Waals surface area contributed by atoms with Gasteiger partial charge in [0.15, 0.2) is 0 Å². The Morgan fingerprint density at radius 1 is 1.29 bits per heavy atom. The third-order valence-electron chi connectivity index (χ3n) is 3.97. The number of nitrogens with zero attached hydrogens (tertiary/aromatic N) is 1. The van der Waals surface area contributed by atoms with Gasteiger partial charge >= 0.3 is 0 Å².